The van der Waals surface area contributed by atoms with Crippen molar-refractivity contribution in [2.75, 3.05) is 38.2 Å². The Bertz CT molecular complexity index is 811. The normalized spacial score (nSPS) is 19.8. The van der Waals surface area contributed by atoms with Crippen molar-refractivity contribution in [1.29, 1.82) is 0 Å². The monoisotopic (exact) mass is 396 g/mol. The lowest BCUT2D eigenvalue weighted by atomic mass is 9.97. The molecule has 4 rings (SSSR count). The number of carbonyl (C=O) groups is 1. The number of hydrogen-bond donors (Lipinski definition) is 1. The zero-order valence-electron chi connectivity index (χ0n) is 16.8. The van der Waals surface area contributed by atoms with Gasteiger partial charge in [0, 0.05) is 25.9 Å². The average molecular weight is 396 g/mol. The van der Waals surface area contributed by atoms with Crippen molar-refractivity contribution in [1.82, 2.24) is 4.90 Å². The Morgan fingerprint density at radius 2 is 1.72 bits per heavy atom. The molecule has 2 fully saturated rings. The highest BCUT2D eigenvalue weighted by Gasteiger charge is 2.42. The van der Waals surface area contributed by atoms with Gasteiger partial charge in [-0.1, -0.05) is 42.5 Å². The van der Waals surface area contributed by atoms with Gasteiger partial charge in [0.2, 0.25) is 5.91 Å². The second kappa shape index (κ2) is 8.95. The van der Waals surface area contributed by atoms with Gasteiger partial charge in [0.15, 0.2) is 5.79 Å². The molecule has 0 aromatic heterocycles. The zero-order chi connectivity index (χ0) is 20.1. The van der Waals surface area contributed by atoms with Crippen LogP contribution in [0.2, 0.25) is 0 Å². The Hall–Kier alpha value is -2.41. The molecule has 2 aromatic carbocycles. The van der Waals surface area contributed by atoms with Gasteiger partial charge in [0.25, 0.3) is 0 Å². The van der Waals surface area contributed by atoms with Crippen LogP contribution in [0.25, 0.3) is 0 Å². The minimum atomic E-state index is -0.463. The smallest absolute Gasteiger partial charge is 0.246 e. The van der Waals surface area contributed by atoms with Gasteiger partial charge in [-0.05, 0) is 24.6 Å². The van der Waals surface area contributed by atoms with Gasteiger partial charge in [0.1, 0.15) is 11.8 Å². The third-order valence-corrected chi connectivity index (χ3v) is 5.55. The van der Waals surface area contributed by atoms with Crippen LogP contribution in [0.3, 0.4) is 0 Å². The van der Waals surface area contributed by atoms with Crippen molar-refractivity contribution in [2.24, 2.45) is 0 Å². The number of ether oxygens (including phenoxy) is 3. The fourth-order valence-electron chi connectivity index (χ4n) is 4.12. The first-order valence-corrected chi connectivity index (χ1v) is 10.3. The van der Waals surface area contributed by atoms with E-state index in [2.05, 4.69) is 10.2 Å². The second-order valence-corrected chi connectivity index (χ2v) is 7.38. The molecule has 29 heavy (non-hydrogen) atoms. The van der Waals surface area contributed by atoms with Crippen LogP contribution in [0.15, 0.2) is 54.6 Å². The van der Waals surface area contributed by atoms with E-state index in [9.17, 15) is 4.79 Å². The molecule has 2 aliphatic rings. The van der Waals surface area contributed by atoms with E-state index in [1.807, 2.05) is 61.5 Å². The molecule has 2 aliphatic heterocycles. The highest BCUT2D eigenvalue weighted by molar-refractivity contribution is 5.96. The topological polar surface area (TPSA) is 60.0 Å². The van der Waals surface area contributed by atoms with Gasteiger partial charge < -0.3 is 19.5 Å². The van der Waals surface area contributed by atoms with Gasteiger partial charge in [-0.2, -0.15) is 0 Å². The van der Waals surface area contributed by atoms with Crippen LogP contribution in [0.4, 0.5) is 5.69 Å². The number of amides is 1. The summed E-state index contributed by atoms with van der Waals surface area (Å²) in [6.07, 6.45) is 1.53. The van der Waals surface area contributed by atoms with Crippen LogP contribution in [-0.4, -0.2) is 49.5 Å². The number of nitrogens with zero attached hydrogens (tertiary/aromatic N) is 1. The molecular formula is C23H28N2O4. The highest BCUT2D eigenvalue weighted by atomic mass is 16.7. The van der Waals surface area contributed by atoms with E-state index in [1.54, 1.807) is 0 Å². The summed E-state index contributed by atoms with van der Waals surface area (Å²) in [5.41, 5.74) is 1.67. The van der Waals surface area contributed by atoms with Crippen LogP contribution in [-0.2, 0) is 14.3 Å². The van der Waals surface area contributed by atoms with Crippen molar-refractivity contribution in [3.05, 3.63) is 60.2 Å². The SMILES string of the molecule is CCOc1ccccc1NC(=O)C(c1ccccc1)N1CCC2(CC1)OCCO2. The Balaban J connectivity index is 1.54. The minimum absolute atomic E-state index is 0.0624. The van der Waals surface area contributed by atoms with Gasteiger partial charge in [0.05, 0.1) is 25.5 Å². The molecule has 1 spiro atoms. The quantitative estimate of drug-likeness (QED) is 0.808. The first-order chi connectivity index (χ1) is 14.2. The second-order valence-electron chi connectivity index (χ2n) is 7.38. The Labute approximate surface area is 171 Å². The predicted molar refractivity (Wildman–Crippen MR) is 111 cm³/mol. The number of benzene rings is 2. The lowest BCUT2D eigenvalue weighted by Crippen LogP contribution is -2.48. The Morgan fingerprint density at radius 3 is 2.41 bits per heavy atom. The molecule has 1 N–H and O–H groups in total. The standard InChI is InChI=1S/C23H28N2O4/c1-2-27-20-11-7-6-10-19(20)24-22(26)21(18-8-4-3-5-9-18)25-14-12-23(13-15-25)28-16-17-29-23/h3-11,21H,2,12-17H2,1H3,(H,24,26). The van der Waals surface area contributed by atoms with E-state index in [1.165, 1.54) is 0 Å². The Kier molecular flexibility index (Phi) is 6.13. The number of carbonyl (C=O) groups excluding carboxylic acids is 1. The van der Waals surface area contributed by atoms with E-state index < -0.39 is 5.79 Å². The highest BCUT2D eigenvalue weighted by Crippen LogP contribution is 2.35. The first kappa shape index (κ1) is 19.9. The molecule has 6 heteroatoms. The molecule has 0 radical (unpaired) electrons. The molecule has 154 valence electrons. The fraction of sp³-hybridized carbons (Fsp3) is 0.435. The summed E-state index contributed by atoms with van der Waals surface area (Å²) in [6.45, 7) is 5.25. The lowest BCUT2D eigenvalue weighted by molar-refractivity contribution is -0.188. The maximum atomic E-state index is 13.4. The molecule has 0 saturated carbocycles. The molecule has 2 heterocycles. The van der Waals surface area contributed by atoms with Gasteiger partial charge >= 0.3 is 0 Å². The molecule has 1 amide bonds. The van der Waals surface area contributed by atoms with Crippen molar-refractivity contribution >= 4 is 11.6 Å². The predicted octanol–water partition coefficient (Wildman–Crippen LogP) is 3.60. The molecular weight excluding hydrogens is 368 g/mol. The molecule has 2 aromatic rings. The van der Waals surface area contributed by atoms with E-state index >= 15 is 0 Å². The van der Waals surface area contributed by atoms with Gasteiger partial charge in [-0.15, -0.1) is 0 Å². The number of likely N-dealkylation sites (tertiary alicyclic amines) is 1. The minimum Gasteiger partial charge on any atom is -0.492 e. The van der Waals surface area contributed by atoms with Crippen LogP contribution < -0.4 is 10.1 Å². The molecule has 1 atom stereocenters. The first-order valence-electron chi connectivity index (χ1n) is 10.3. The largest absolute Gasteiger partial charge is 0.492 e. The summed E-state index contributed by atoms with van der Waals surface area (Å²) in [5.74, 6) is 0.156. The van der Waals surface area contributed by atoms with Gasteiger partial charge in [-0.3, -0.25) is 9.69 Å². The van der Waals surface area contributed by atoms with E-state index in [0.29, 0.717) is 31.3 Å². The third-order valence-electron chi connectivity index (χ3n) is 5.55. The van der Waals surface area contributed by atoms with Crippen LogP contribution in [0.5, 0.6) is 5.75 Å². The number of nitrogens with one attached hydrogen (secondary N) is 1. The van der Waals surface area contributed by atoms with Crippen LogP contribution in [0, 0.1) is 0 Å². The van der Waals surface area contributed by atoms with Crippen molar-refractivity contribution in [2.45, 2.75) is 31.6 Å². The summed E-state index contributed by atoms with van der Waals surface area (Å²) in [7, 11) is 0. The summed E-state index contributed by atoms with van der Waals surface area (Å²) < 4.78 is 17.4. The number of piperidine rings is 1. The lowest BCUT2D eigenvalue weighted by Gasteiger charge is -2.40. The molecule has 2 saturated heterocycles. The summed E-state index contributed by atoms with van der Waals surface area (Å²) in [6, 6.07) is 17.1. The summed E-state index contributed by atoms with van der Waals surface area (Å²) in [4.78, 5) is 15.6. The van der Waals surface area contributed by atoms with E-state index in [4.69, 9.17) is 14.2 Å². The van der Waals surface area contributed by atoms with Crippen molar-refractivity contribution in [3.63, 3.8) is 0 Å². The zero-order valence-corrected chi connectivity index (χ0v) is 16.8. The molecule has 6 nitrogen and oxygen atoms in total. The Morgan fingerprint density at radius 1 is 1.07 bits per heavy atom. The summed E-state index contributed by atoms with van der Waals surface area (Å²) in [5, 5.41) is 3.08. The number of hydrogen-bond acceptors (Lipinski definition) is 5. The molecule has 0 bridgehead atoms. The molecule has 1 unspecified atom stereocenters. The van der Waals surface area contributed by atoms with E-state index in [0.717, 1.165) is 31.5 Å². The maximum absolute atomic E-state index is 13.4. The number of para-hydroxylation sites is 2. The van der Waals surface area contributed by atoms with E-state index in [-0.39, 0.29) is 11.9 Å². The maximum Gasteiger partial charge on any atom is 0.246 e. The number of anilines is 1. The number of rotatable bonds is 6. The fourth-order valence-corrected chi connectivity index (χ4v) is 4.12. The van der Waals surface area contributed by atoms with Crippen LogP contribution >= 0.6 is 0 Å². The van der Waals surface area contributed by atoms with Crippen molar-refractivity contribution < 1.29 is 19.0 Å². The van der Waals surface area contributed by atoms with Crippen LogP contribution in [0.1, 0.15) is 31.4 Å². The third kappa shape index (κ3) is 4.45. The van der Waals surface area contributed by atoms with Gasteiger partial charge in [-0.25, -0.2) is 0 Å². The molecule has 0 aliphatic carbocycles. The average Bonchev–Trinajstić information content (AvgIpc) is 3.20. The van der Waals surface area contributed by atoms with Crippen molar-refractivity contribution in [3.8, 4) is 5.75 Å². The summed E-state index contributed by atoms with van der Waals surface area (Å²) >= 11 is 0.